The smallest absolute Gasteiger partial charge is 0.126 e. The van der Waals surface area contributed by atoms with Crippen molar-refractivity contribution in [1.29, 1.82) is 0 Å². The van der Waals surface area contributed by atoms with Gasteiger partial charge in [-0.1, -0.05) is 18.2 Å². The van der Waals surface area contributed by atoms with E-state index in [-0.39, 0.29) is 11.6 Å². The first-order valence-corrected chi connectivity index (χ1v) is 5.69. The van der Waals surface area contributed by atoms with Gasteiger partial charge in [-0.25, -0.2) is 8.78 Å². The van der Waals surface area contributed by atoms with Crippen molar-refractivity contribution in [1.82, 2.24) is 0 Å². The third-order valence-corrected chi connectivity index (χ3v) is 2.68. The van der Waals surface area contributed by atoms with Gasteiger partial charge in [0, 0.05) is 6.54 Å². The minimum Gasteiger partial charge on any atom is -0.397 e. The monoisotopic (exact) mass is 248 g/mol. The van der Waals surface area contributed by atoms with E-state index in [4.69, 9.17) is 5.73 Å². The highest BCUT2D eigenvalue weighted by molar-refractivity contribution is 5.65. The minimum atomic E-state index is -0.349. The van der Waals surface area contributed by atoms with Crippen LogP contribution in [0.4, 0.5) is 20.2 Å². The van der Waals surface area contributed by atoms with Crippen LogP contribution in [0.25, 0.3) is 0 Å². The summed E-state index contributed by atoms with van der Waals surface area (Å²) < 4.78 is 26.4. The number of rotatable bonds is 4. The van der Waals surface area contributed by atoms with E-state index in [1.54, 1.807) is 18.2 Å². The SMILES string of the molecule is Nc1ccc(F)cc1NCCc1ccccc1F. The summed E-state index contributed by atoms with van der Waals surface area (Å²) in [5.41, 5.74) is 7.33. The lowest BCUT2D eigenvalue weighted by molar-refractivity contribution is 0.610. The highest BCUT2D eigenvalue weighted by Crippen LogP contribution is 2.19. The highest BCUT2D eigenvalue weighted by Gasteiger charge is 2.02. The molecule has 2 aromatic carbocycles. The van der Waals surface area contributed by atoms with Gasteiger partial charge in [-0.15, -0.1) is 0 Å². The molecule has 0 aliphatic carbocycles. The summed E-state index contributed by atoms with van der Waals surface area (Å²) in [7, 11) is 0. The van der Waals surface area contributed by atoms with Crippen LogP contribution in [0.15, 0.2) is 42.5 Å². The van der Waals surface area contributed by atoms with Crippen molar-refractivity contribution >= 4 is 11.4 Å². The van der Waals surface area contributed by atoms with Crippen molar-refractivity contribution in [2.45, 2.75) is 6.42 Å². The zero-order chi connectivity index (χ0) is 13.0. The normalized spacial score (nSPS) is 10.3. The molecule has 0 radical (unpaired) electrons. The second kappa shape index (κ2) is 5.49. The number of benzene rings is 2. The van der Waals surface area contributed by atoms with Gasteiger partial charge >= 0.3 is 0 Å². The summed E-state index contributed by atoms with van der Waals surface area (Å²) >= 11 is 0. The molecular formula is C14H14F2N2. The Hall–Kier alpha value is -2.10. The van der Waals surface area contributed by atoms with Gasteiger partial charge in [-0.3, -0.25) is 0 Å². The van der Waals surface area contributed by atoms with E-state index in [1.165, 1.54) is 24.3 Å². The first-order valence-electron chi connectivity index (χ1n) is 5.69. The molecule has 0 aliphatic rings. The van der Waals surface area contributed by atoms with E-state index in [2.05, 4.69) is 5.32 Å². The molecule has 0 amide bonds. The third-order valence-electron chi connectivity index (χ3n) is 2.68. The fourth-order valence-corrected chi connectivity index (χ4v) is 1.71. The van der Waals surface area contributed by atoms with Gasteiger partial charge < -0.3 is 11.1 Å². The largest absolute Gasteiger partial charge is 0.397 e. The second-order valence-electron chi connectivity index (χ2n) is 4.00. The van der Waals surface area contributed by atoms with E-state index in [9.17, 15) is 8.78 Å². The van der Waals surface area contributed by atoms with E-state index >= 15 is 0 Å². The molecule has 2 nitrogen and oxygen atoms in total. The summed E-state index contributed by atoms with van der Waals surface area (Å²) in [6.45, 7) is 0.495. The molecule has 4 heteroatoms. The number of hydrogen-bond donors (Lipinski definition) is 2. The van der Waals surface area contributed by atoms with Gasteiger partial charge in [0.25, 0.3) is 0 Å². The molecule has 2 aromatic rings. The lowest BCUT2D eigenvalue weighted by atomic mass is 10.1. The van der Waals surface area contributed by atoms with Crippen molar-refractivity contribution in [3.05, 3.63) is 59.7 Å². The summed E-state index contributed by atoms with van der Waals surface area (Å²) in [6.07, 6.45) is 0.516. The van der Waals surface area contributed by atoms with Crippen molar-refractivity contribution in [3.63, 3.8) is 0 Å². The third kappa shape index (κ3) is 2.97. The molecule has 2 rings (SSSR count). The zero-order valence-electron chi connectivity index (χ0n) is 9.79. The summed E-state index contributed by atoms with van der Waals surface area (Å²) in [5, 5.41) is 3.00. The van der Waals surface area contributed by atoms with Gasteiger partial charge in [-0.05, 0) is 36.2 Å². The van der Waals surface area contributed by atoms with Crippen LogP contribution in [-0.2, 0) is 6.42 Å². The molecule has 0 bridgehead atoms. The van der Waals surface area contributed by atoms with Crippen LogP contribution in [0.1, 0.15) is 5.56 Å². The highest BCUT2D eigenvalue weighted by atomic mass is 19.1. The van der Waals surface area contributed by atoms with Crippen molar-refractivity contribution in [2.75, 3.05) is 17.6 Å². The Balaban J connectivity index is 1.96. The van der Waals surface area contributed by atoms with Gasteiger partial charge in [0.1, 0.15) is 11.6 Å². The van der Waals surface area contributed by atoms with Crippen LogP contribution in [0.5, 0.6) is 0 Å². The topological polar surface area (TPSA) is 38.0 Å². The molecule has 0 aliphatic heterocycles. The molecule has 18 heavy (non-hydrogen) atoms. The number of anilines is 2. The molecular weight excluding hydrogens is 234 g/mol. The Morgan fingerprint density at radius 2 is 1.83 bits per heavy atom. The average molecular weight is 248 g/mol. The van der Waals surface area contributed by atoms with Crippen LogP contribution in [0.2, 0.25) is 0 Å². The van der Waals surface area contributed by atoms with Crippen LogP contribution >= 0.6 is 0 Å². The van der Waals surface area contributed by atoms with Crippen LogP contribution in [0.3, 0.4) is 0 Å². The minimum absolute atomic E-state index is 0.230. The number of nitrogen functional groups attached to an aromatic ring is 1. The summed E-state index contributed by atoms with van der Waals surface area (Å²) in [6, 6.07) is 10.7. The fraction of sp³-hybridized carbons (Fsp3) is 0.143. The molecule has 94 valence electrons. The Kier molecular flexibility index (Phi) is 3.77. The van der Waals surface area contributed by atoms with E-state index in [0.717, 1.165) is 0 Å². The van der Waals surface area contributed by atoms with E-state index in [1.807, 2.05) is 0 Å². The number of nitrogens with two attached hydrogens (primary N) is 1. The maximum absolute atomic E-state index is 13.3. The number of nitrogens with one attached hydrogen (secondary N) is 1. The van der Waals surface area contributed by atoms with Crippen LogP contribution in [-0.4, -0.2) is 6.54 Å². The quantitative estimate of drug-likeness (QED) is 0.815. The van der Waals surface area contributed by atoms with Gasteiger partial charge in [0.2, 0.25) is 0 Å². The number of hydrogen-bond acceptors (Lipinski definition) is 2. The van der Waals surface area contributed by atoms with E-state index < -0.39 is 0 Å². The fourth-order valence-electron chi connectivity index (χ4n) is 1.71. The zero-order valence-corrected chi connectivity index (χ0v) is 9.79. The maximum Gasteiger partial charge on any atom is 0.126 e. The Bertz CT molecular complexity index is 541. The van der Waals surface area contributed by atoms with Crippen molar-refractivity contribution in [2.24, 2.45) is 0 Å². The predicted octanol–water partition coefficient (Wildman–Crippen LogP) is 3.20. The Morgan fingerprint density at radius 3 is 2.61 bits per heavy atom. The molecule has 0 unspecified atom stereocenters. The molecule has 0 atom stereocenters. The van der Waals surface area contributed by atoms with Crippen LogP contribution in [0, 0.1) is 11.6 Å². The van der Waals surface area contributed by atoms with Gasteiger partial charge in [0.05, 0.1) is 11.4 Å². The Morgan fingerprint density at radius 1 is 1.06 bits per heavy atom. The molecule has 0 saturated carbocycles. The maximum atomic E-state index is 13.3. The summed E-state index contributed by atoms with van der Waals surface area (Å²) in [5.74, 6) is -0.580. The standard InChI is InChI=1S/C14H14F2N2/c15-11-5-6-13(17)14(9-11)18-8-7-10-3-1-2-4-12(10)16/h1-6,9,18H,7-8,17H2. The summed E-state index contributed by atoms with van der Waals surface area (Å²) in [4.78, 5) is 0. The molecule has 3 N–H and O–H groups in total. The van der Waals surface area contributed by atoms with Gasteiger partial charge in [-0.2, -0.15) is 0 Å². The van der Waals surface area contributed by atoms with Crippen molar-refractivity contribution < 1.29 is 8.78 Å². The van der Waals surface area contributed by atoms with Crippen LogP contribution < -0.4 is 11.1 Å². The van der Waals surface area contributed by atoms with E-state index in [0.29, 0.717) is 29.9 Å². The molecule has 0 fully saturated rings. The average Bonchev–Trinajstić information content (AvgIpc) is 2.36. The predicted molar refractivity (Wildman–Crippen MR) is 69.4 cm³/mol. The first kappa shape index (κ1) is 12.4. The first-order chi connectivity index (χ1) is 8.66. The second-order valence-corrected chi connectivity index (χ2v) is 4.00. The molecule has 0 heterocycles. The molecule has 0 saturated heterocycles. The van der Waals surface area contributed by atoms with Gasteiger partial charge in [0.15, 0.2) is 0 Å². The lowest BCUT2D eigenvalue weighted by Gasteiger charge is -2.09. The molecule has 0 spiro atoms. The Labute approximate surface area is 104 Å². The number of halogens is 2. The van der Waals surface area contributed by atoms with Crippen molar-refractivity contribution in [3.8, 4) is 0 Å². The lowest BCUT2D eigenvalue weighted by Crippen LogP contribution is -2.08. The molecule has 0 aromatic heterocycles.